The lowest BCUT2D eigenvalue weighted by molar-refractivity contribution is 0.302. The zero-order valence-corrected chi connectivity index (χ0v) is 18.0. The molecular weight excluding hydrogens is 369 g/mol. The normalized spacial score (nSPS) is 19.5. The van der Waals surface area contributed by atoms with Crippen LogP contribution in [0.4, 0.5) is 13.2 Å². The molecule has 1 aliphatic carbocycles. The van der Waals surface area contributed by atoms with Crippen molar-refractivity contribution in [2.24, 2.45) is 5.92 Å². The van der Waals surface area contributed by atoms with E-state index < -0.39 is 17.5 Å². The summed E-state index contributed by atoms with van der Waals surface area (Å²) in [5.74, 6) is -1.38. The summed E-state index contributed by atoms with van der Waals surface area (Å²) >= 11 is 0. The van der Waals surface area contributed by atoms with Gasteiger partial charge in [0.1, 0.15) is 5.82 Å². The zero-order chi connectivity index (χ0) is 21.0. The highest BCUT2D eigenvalue weighted by molar-refractivity contribution is 5.70. The van der Waals surface area contributed by atoms with Crippen LogP contribution in [0.2, 0.25) is 0 Å². The van der Waals surface area contributed by atoms with Gasteiger partial charge in [0.25, 0.3) is 0 Å². The maximum absolute atomic E-state index is 14.5. The third-order valence-electron chi connectivity index (χ3n) is 6.65. The molecule has 1 fully saturated rings. The van der Waals surface area contributed by atoms with Gasteiger partial charge in [-0.15, -0.1) is 0 Å². The molecule has 1 aliphatic rings. The first-order valence-electron chi connectivity index (χ1n) is 11.2. The van der Waals surface area contributed by atoms with Gasteiger partial charge in [-0.2, -0.15) is 0 Å². The van der Waals surface area contributed by atoms with E-state index >= 15 is 0 Å². The average Bonchev–Trinajstić information content (AvgIpc) is 2.73. The Morgan fingerprint density at radius 2 is 1.62 bits per heavy atom. The number of hydrogen-bond acceptors (Lipinski definition) is 0. The molecule has 0 aliphatic heterocycles. The van der Waals surface area contributed by atoms with E-state index in [9.17, 15) is 13.2 Å². The second-order valence-corrected chi connectivity index (χ2v) is 8.66. The molecule has 2 aromatic carbocycles. The Kier molecular flexibility index (Phi) is 7.43. The molecule has 0 bridgehead atoms. The van der Waals surface area contributed by atoms with Crippen LogP contribution in [0.5, 0.6) is 0 Å². The van der Waals surface area contributed by atoms with Crippen LogP contribution in [0.15, 0.2) is 24.3 Å². The maximum atomic E-state index is 14.5. The van der Waals surface area contributed by atoms with Crippen molar-refractivity contribution in [3.8, 4) is 11.1 Å². The van der Waals surface area contributed by atoms with Gasteiger partial charge in [0.15, 0.2) is 11.6 Å². The summed E-state index contributed by atoms with van der Waals surface area (Å²) in [4.78, 5) is 0. The van der Waals surface area contributed by atoms with Gasteiger partial charge in [-0.3, -0.25) is 0 Å². The molecule has 0 heterocycles. The van der Waals surface area contributed by atoms with Crippen molar-refractivity contribution >= 4 is 0 Å². The van der Waals surface area contributed by atoms with E-state index in [0.717, 1.165) is 17.5 Å². The van der Waals surface area contributed by atoms with E-state index in [1.807, 2.05) is 13.0 Å². The minimum atomic E-state index is -1.09. The average molecular weight is 403 g/mol. The second-order valence-electron chi connectivity index (χ2n) is 8.66. The molecule has 29 heavy (non-hydrogen) atoms. The highest BCUT2D eigenvalue weighted by atomic mass is 19.2. The minimum Gasteiger partial charge on any atom is -0.206 e. The third-order valence-corrected chi connectivity index (χ3v) is 6.65. The fourth-order valence-electron chi connectivity index (χ4n) is 4.83. The Morgan fingerprint density at radius 3 is 2.28 bits per heavy atom. The highest BCUT2D eigenvalue weighted by Crippen LogP contribution is 2.40. The largest absolute Gasteiger partial charge is 0.206 e. The molecular formula is C26H33F3. The molecule has 3 heteroatoms. The van der Waals surface area contributed by atoms with E-state index in [1.54, 1.807) is 6.07 Å². The summed E-state index contributed by atoms with van der Waals surface area (Å²) in [6, 6.07) is 6.96. The molecule has 0 unspecified atom stereocenters. The summed E-state index contributed by atoms with van der Waals surface area (Å²) in [5.41, 5.74) is 2.36. The van der Waals surface area contributed by atoms with Gasteiger partial charge < -0.3 is 0 Å². The first-order valence-corrected chi connectivity index (χ1v) is 11.2. The molecule has 1 saturated carbocycles. The summed E-state index contributed by atoms with van der Waals surface area (Å²) in [6.45, 7) is 5.61. The minimum absolute atomic E-state index is 0.00545. The van der Waals surface area contributed by atoms with Gasteiger partial charge in [0.2, 0.25) is 0 Å². The van der Waals surface area contributed by atoms with Gasteiger partial charge in [-0.1, -0.05) is 57.7 Å². The van der Waals surface area contributed by atoms with E-state index in [2.05, 4.69) is 13.0 Å². The van der Waals surface area contributed by atoms with Crippen molar-refractivity contribution in [3.63, 3.8) is 0 Å². The summed E-state index contributed by atoms with van der Waals surface area (Å²) in [5, 5.41) is 0. The molecule has 3 rings (SSSR count). The second kappa shape index (κ2) is 9.82. The quantitative estimate of drug-likeness (QED) is 0.322. The van der Waals surface area contributed by atoms with Crippen LogP contribution in [0.3, 0.4) is 0 Å². The summed E-state index contributed by atoms with van der Waals surface area (Å²) < 4.78 is 43.1. The van der Waals surface area contributed by atoms with Crippen molar-refractivity contribution < 1.29 is 13.2 Å². The molecule has 2 aromatic rings. The monoisotopic (exact) mass is 402 g/mol. The number of benzene rings is 2. The lowest BCUT2D eigenvalue weighted by Crippen LogP contribution is -2.13. The van der Waals surface area contributed by atoms with Crippen LogP contribution in [0.1, 0.15) is 87.8 Å². The smallest absolute Gasteiger partial charge is 0.169 e. The number of aryl methyl sites for hydroxylation is 2. The third kappa shape index (κ3) is 4.87. The van der Waals surface area contributed by atoms with Crippen LogP contribution < -0.4 is 0 Å². The SMILES string of the molecule is CCCCC[C@H]1CC[C@H](c2ccc(-c3c(F)cc(C)c(F)c3F)c(CC)c2)CC1. The molecule has 158 valence electrons. The standard InChI is InChI=1S/C26H33F3/c1-4-6-7-8-18-9-11-20(12-10-18)21-13-14-22(19(5-2)16-21)24-23(27)15-17(3)25(28)26(24)29/h13-16,18,20H,4-12H2,1-3H3/t18-,20-. The van der Waals surface area contributed by atoms with Crippen molar-refractivity contribution in [2.45, 2.75) is 84.5 Å². The van der Waals surface area contributed by atoms with Crippen molar-refractivity contribution in [3.05, 3.63) is 58.4 Å². The van der Waals surface area contributed by atoms with Crippen LogP contribution in [-0.2, 0) is 6.42 Å². The van der Waals surface area contributed by atoms with E-state index in [1.165, 1.54) is 63.9 Å². The Labute approximate surface area is 173 Å². The zero-order valence-electron chi connectivity index (χ0n) is 18.0. The van der Waals surface area contributed by atoms with Crippen LogP contribution in [0.25, 0.3) is 11.1 Å². The van der Waals surface area contributed by atoms with Crippen LogP contribution >= 0.6 is 0 Å². The van der Waals surface area contributed by atoms with Crippen molar-refractivity contribution in [1.82, 2.24) is 0 Å². The van der Waals surface area contributed by atoms with E-state index in [4.69, 9.17) is 0 Å². The predicted octanol–water partition coefficient (Wildman–Crippen LogP) is 8.50. The van der Waals surface area contributed by atoms with Gasteiger partial charge in [0, 0.05) is 0 Å². The lowest BCUT2D eigenvalue weighted by Gasteiger charge is -2.29. The maximum Gasteiger partial charge on any atom is 0.169 e. The molecule has 0 saturated heterocycles. The lowest BCUT2D eigenvalue weighted by atomic mass is 9.76. The Morgan fingerprint density at radius 1 is 0.897 bits per heavy atom. The molecule has 0 nitrogen and oxygen atoms in total. The highest BCUT2D eigenvalue weighted by Gasteiger charge is 2.24. The Balaban J connectivity index is 1.80. The van der Waals surface area contributed by atoms with Gasteiger partial charge in [-0.05, 0) is 79.2 Å². The first kappa shape index (κ1) is 21.9. The molecule has 0 atom stereocenters. The van der Waals surface area contributed by atoms with E-state index in [-0.39, 0.29) is 11.1 Å². The van der Waals surface area contributed by atoms with Crippen LogP contribution in [-0.4, -0.2) is 0 Å². The predicted molar refractivity (Wildman–Crippen MR) is 115 cm³/mol. The number of halogens is 3. The van der Waals surface area contributed by atoms with Crippen molar-refractivity contribution in [2.75, 3.05) is 0 Å². The van der Waals surface area contributed by atoms with Gasteiger partial charge in [0.05, 0.1) is 5.56 Å². The van der Waals surface area contributed by atoms with E-state index in [0.29, 0.717) is 17.9 Å². The van der Waals surface area contributed by atoms with Crippen molar-refractivity contribution in [1.29, 1.82) is 0 Å². The summed E-state index contributed by atoms with van der Waals surface area (Å²) in [6.07, 6.45) is 10.8. The van der Waals surface area contributed by atoms with Gasteiger partial charge in [-0.25, -0.2) is 13.2 Å². The fourth-order valence-corrected chi connectivity index (χ4v) is 4.83. The Hall–Kier alpha value is -1.77. The molecule has 0 radical (unpaired) electrons. The molecule has 0 amide bonds. The summed E-state index contributed by atoms with van der Waals surface area (Å²) in [7, 11) is 0. The first-order chi connectivity index (χ1) is 14.0. The van der Waals surface area contributed by atoms with Gasteiger partial charge >= 0.3 is 0 Å². The molecule has 0 N–H and O–H groups in total. The van der Waals surface area contributed by atoms with Crippen LogP contribution in [0, 0.1) is 30.3 Å². The number of hydrogen-bond donors (Lipinski definition) is 0. The number of rotatable bonds is 7. The number of unbranched alkanes of at least 4 members (excludes halogenated alkanes) is 2. The molecule has 0 aromatic heterocycles. The fraction of sp³-hybridized carbons (Fsp3) is 0.538. The molecule has 0 spiro atoms. The Bertz CT molecular complexity index is 832. The topological polar surface area (TPSA) is 0 Å².